The number of carbonyl (C=O) groups excluding carboxylic acids is 1. The van der Waals surface area contributed by atoms with Gasteiger partial charge in [0.1, 0.15) is 0 Å². The number of nitrogens with one attached hydrogen (secondary N) is 1. The fourth-order valence-electron chi connectivity index (χ4n) is 1.85. The smallest absolute Gasteiger partial charge is 0.250 e. The van der Waals surface area contributed by atoms with Crippen molar-refractivity contribution in [2.24, 2.45) is 5.73 Å². The van der Waals surface area contributed by atoms with E-state index in [4.69, 9.17) is 10.5 Å². The van der Waals surface area contributed by atoms with Gasteiger partial charge in [0.05, 0.1) is 5.56 Å². The average molecular weight is 288 g/mol. The van der Waals surface area contributed by atoms with Gasteiger partial charge >= 0.3 is 0 Å². The van der Waals surface area contributed by atoms with Gasteiger partial charge in [0.15, 0.2) is 0 Å². The molecule has 3 N–H and O–H groups in total. The summed E-state index contributed by atoms with van der Waals surface area (Å²) < 4.78 is 4.99. The highest BCUT2D eigenvalue weighted by Crippen LogP contribution is 2.17. The van der Waals surface area contributed by atoms with Crippen molar-refractivity contribution in [3.8, 4) is 11.8 Å². The van der Waals surface area contributed by atoms with Crippen molar-refractivity contribution < 1.29 is 9.53 Å². The molecule has 0 atom stereocenters. The van der Waals surface area contributed by atoms with Crippen molar-refractivity contribution in [2.75, 3.05) is 25.6 Å². The molecule has 0 saturated heterocycles. The van der Waals surface area contributed by atoms with Gasteiger partial charge in [0.2, 0.25) is 0 Å². The zero-order chi connectivity index (χ0) is 15.5. The first-order valence-corrected chi connectivity index (χ1v) is 7.34. The number of anilines is 1. The normalized spacial score (nSPS) is 9.81. The monoisotopic (exact) mass is 288 g/mol. The number of primary amides is 1. The molecule has 4 heteroatoms. The molecule has 0 spiro atoms. The summed E-state index contributed by atoms with van der Waals surface area (Å²) >= 11 is 0. The van der Waals surface area contributed by atoms with Crippen LogP contribution in [-0.4, -0.2) is 26.2 Å². The summed E-state index contributed by atoms with van der Waals surface area (Å²) in [5.74, 6) is 5.74. The summed E-state index contributed by atoms with van der Waals surface area (Å²) in [6.45, 7) is 3.55. The Labute approximate surface area is 127 Å². The Balaban J connectivity index is 2.76. The number of hydrogen-bond donors (Lipinski definition) is 2. The molecule has 21 heavy (non-hydrogen) atoms. The summed E-state index contributed by atoms with van der Waals surface area (Å²) in [5, 5.41) is 3.20. The lowest BCUT2D eigenvalue weighted by atomic mass is 10.1. The number of methoxy groups -OCH3 is 1. The second-order valence-electron chi connectivity index (χ2n) is 4.80. The standard InChI is InChI=1S/C17H24N2O2/c1-3-4-5-6-8-14-9-10-16(15(13-14)17(18)20)19-11-7-12-21-2/h9-10,13,19H,3-5,7,11-12H2,1-2H3,(H2,18,20). The zero-order valence-corrected chi connectivity index (χ0v) is 12.9. The molecule has 1 amide bonds. The number of unbranched alkanes of at least 4 members (excludes halogenated alkanes) is 2. The van der Waals surface area contributed by atoms with Crippen molar-refractivity contribution in [1.82, 2.24) is 0 Å². The molecule has 0 aromatic heterocycles. The predicted molar refractivity (Wildman–Crippen MR) is 86.3 cm³/mol. The van der Waals surface area contributed by atoms with Gasteiger partial charge in [-0.15, -0.1) is 0 Å². The van der Waals surface area contributed by atoms with E-state index in [2.05, 4.69) is 24.1 Å². The van der Waals surface area contributed by atoms with Crippen LogP contribution in [0.3, 0.4) is 0 Å². The Bertz CT molecular complexity index is 515. The number of hydrogen-bond acceptors (Lipinski definition) is 3. The Morgan fingerprint density at radius 3 is 2.86 bits per heavy atom. The molecular formula is C17H24N2O2. The molecule has 0 aliphatic heterocycles. The molecule has 4 nitrogen and oxygen atoms in total. The molecule has 0 aliphatic carbocycles. The van der Waals surface area contributed by atoms with Crippen molar-refractivity contribution in [1.29, 1.82) is 0 Å². The van der Waals surface area contributed by atoms with Gasteiger partial charge in [-0.25, -0.2) is 0 Å². The number of rotatable bonds is 8. The van der Waals surface area contributed by atoms with Gasteiger partial charge in [0, 0.05) is 37.9 Å². The van der Waals surface area contributed by atoms with Gasteiger partial charge in [0.25, 0.3) is 5.91 Å². The topological polar surface area (TPSA) is 64.3 Å². The van der Waals surface area contributed by atoms with Gasteiger partial charge in [-0.05, 0) is 31.0 Å². The fraction of sp³-hybridized carbons (Fsp3) is 0.471. The summed E-state index contributed by atoms with van der Waals surface area (Å²) in [6.07, 6.45) is 3.97. The van der Waals surface area contributed by atoms with Crippen LogP contribution in [0, 0.1) is 11.8 Å². The van der Waals surface area contributed by atoms with E-state index in [0.29, 0.717) is 12.2 Å². The second-order valence-corrected chi connectivity index (χ2v) is 4.80. The van der Waals surface area contributed by atoms with E-state index >= 15 is 0 Å². The second kappa shape index (κ2) is 9.84. The number of amides is 1. The molecule has 0 heterocycles. The van der Waals surface area contributed by atoms with Crippen molar-refractivity contribution in [3.63, 3.8) is 0 Å². The third kappa shape index (κ3) is 6.33. The third-order valence-electron chi connectivity index (χ3n) is 3.01. The minimum absolute atomic E-state index is 0.443. The Hall–Kier alpha value is -1.99. The van der Waals surface area contributed by atoms with Crippen LogP contribution in [0.1, 0.15) is 48.5 Å². The molecule has 1 rings (SSSR count). The van der Waals surface area contributed by atoms with Crippen LogP contribution >= 0.6 is 0 Å². The van der Waals surface area contributed by atoms with E-state index in [1.54, 1.807) is 13.2 Å². The zero-order valence-electron chi connectivity index (χ0n) is 12.9. The third-order valence-corrected chi connectivity index (χ3v) is 3.01. The molecule has 0 radical (unpaired) electrons. The fourth-order valence-corrected chi connectivity index (χ4v) is 1.85. The first-order chi connectivity index (χ1) is 10.2. The van der Waals surface area contributed by atoms with Crippen molar-refractivity contribution in [3.05, 3.63) is 29.3 Å². The van der Waals surface area contributed by atoms with E-state index in [0.717, 1.165) is 43.5 Å². The van der Waals surface area contributed by atoms with Crippen LogP contribution < -0.4 is 11.1 Å². The highest BCUT2D eigenvalue weighted by atomic mass is 16.5. The van der Waals surface area contributed by atoms with Gasteiger partial charge < -0.3 is 15.8 Å². The quantitative estimate of drug-likeness (QED) is 0.571. The molecule has 0 aliphatic rings. The van der Waals surface area contributed by atoms with E-state index in [-0.39, 0.29) is 0 Å². The van der Waals surface area contributed by atoms with Gasteiger partial charge in [-0.2, -0.15) is 0 Å². The van der Waals surface area contributed by atoms with Crippen LogP contribution in [0.25, 0.3) is 0 Å². The lowest BCUT2D eigenvalue weighted by Gasteiger charge is -2.10. The highest BCUT2D eigenvalue weighted by Gasteiger charge is 2.08. The molecular weight excluding hydrogens is 264 g/mol. The first kappa shape index (κ1) is 17.1. The molecule has 0 fully saturated rings. The largest absolute Gasteiger partial charge is 0.385 e. The van der Waals surface area contributed by atoms with E-state index < -0.39 is 5.91 Å². The summed E-state index contributed by atoms with van der Waals surface area (Å²) in [7, 11) is 1.67. The van der Waals surface area contributed by atoms with Crippen LogP contribution in [0.15, 0.2) is 18.2 Å². The highest BCUT2D eigenvalue weighted by molar-refractivity contribution is 5.98. The number of ether oxygens (including phenoxy) is 1. The predicted octanol–water partition coefficient (Wildman–Crippen LogP) is 2.78. The molecule has 0 unspecified atom stereocenters. The Morgan fingerprint density at radius 2 is 2.19 bits per heavy atom. The van der Waals surface area contributed by atoms with Crippen molar-refractivity contribution in [2.45, 2.75) is 32.6 Å². The molecule has 0 saturated carbocycles. The Morgan fingerprint density at radius 1 is 1.38 bits per heavy atom. The van der Waals surface area contributed by atoms with Crippen LogP contribution in [0.5, 0.6) is 0 Å². The number of nitrogens with two attached hydrogens (primary N) is 1. The van der Waals surface area contributed by atoms with Crippen LogP contribution in [0.4, 0.5) is 5.69 Å². The number of carbonyl (C=O) groups is 1. The molecule has 1 aromatic rings. The lowest BCUT2D eigenvalue weighted by molar-refractivity contribution is 0.100. The molecule has 1 aromatic carbocycles. The average Bonchev–Trinajstić information content (AvgIpc) is 2.48. The van der Waals surface area contributed by atoms with E-state index in [1.807, 2.05) is 12.1 Å². The lowest BCUT2D eigenvalue weighted by Crippen LogP contribution is -2.15. The van der Waals surface area contributed by atoms with Crippen LogP contribution in [-0.2, 0) is 4.74 Å². The van der Waals surface area contributed by atoms with Gasteiger partial charge in [-0.3, -0.25) is 4.79 Å². The van der Waals surface area contributed by atoms with Gasteiger partial charge in [-0.1, -0.05) is 25.2 Å². The number of benzene rings is 1. The van der Waals surface area contributed by atoms with Crippen molar-refractivity contribution >= 4 is 11.6 Å². The molecule has 0 bridgehead atoms. The summed E-state index contributed by atoms with van der Waals surface area (Å²) in [6, 6.07) is 5.51. The maximum absolute atomic E-state index is 11.5. The minimum atomic E-state index is -0.443. The van der Waals surface area contributed by atoms with E-state index in [9.17, 15) is 4.79 Å². The minimum Gasteiger partial charge on any atom is -0.385 e. The maximum Gasteiger partial charge on any atom is 0.250 e. The van der Waals surface area contributed by atoms with Crippen LogP contribution in [0.2, 0.25) is 0 Å². The van der Waals surface area contributed by atoms with E-state index in [1.165, 1.54) is 0 Å². The Kier molecular flexibility index (Phi) is 8.00. The summed E-state index contributed by atoms with van der Waals surface area (Å²) in [4.78, 5) is 11.5. The maximum atomic E-state index is 11.5. The first-order valence-electron chi connectivity index (χ1n) is 7.34. The SMILES string of the molecule is CCCCC#Cc1ccc(NCCCOC)c(C(N)=O)c1. The molecule has 114 valence electrons. The summed E-state index contributed by atoms with van der Waals surface area (Å²) in [5.41, 5.74) is 7.49.